The molecule has 4 N–H and O–H groups in total. The number of halogens is 1. The van der Waals surface area contributed by atoms with Gasteiger partial charge in [0.05, 0.1) is 17.6 Å². The summed E-state index contributed by atoms with van der Waals surface area (Å²) in [5, 5.41) is 3.96. The predicted octanol–water partition coefficient (Wildman–Crippen LogP) is 5.19. The maximum absolute atomic E-state index is 12.7. The normalized spacial score (nSPS) is 10.7. The third-order valence-corrected chi connectivity index (χ3v) is 4.93. The van der Waals surface area contributed by atoms with Crippen LogP contribution >= 0.6 is 11.6 Å². The first kappa shape index (κ1) is 20.4. The van der Waals surface area contributed by atoms with Gasteiger partial charge in [0.25, 0.3) is 0 Å². The largest absolute Gasteiger partial charge is 0.456 e. The first-order valence-corrected chi connectivity index (χ1v) is 9.94. The molecule has 4 aromatic rings. The standard InChI is InChI=1S/C23H19ClN4O3/c24-14-3-6-20(19(25)10-14)28-23(30)8-7-22(29)18-13-27-21-11-15(4-5-17(18)21)31-16-2-1-9-26-12-16/h1-6,9-13,27H,7-8,25H2,(H,28,30). The van der Waals surface area contributed by atoms with Crippen LogP contribution in [0.2, 0.25) is 5.02 Å². The first-order valence-electron chi connectivity index (χ1n) is 9.57. The first-order chi connectivity index (χ1) is 15.0. The average molecular weight is 435 g/mol. The molecule has 0 saturated carbocycles. The SMILES string of the molecule is Nc1cc(Cl)ccc1NC(=O)CCC(=O)c1c[nH]c2cc(Oc3cccnc3)ccc12. The summed E-state index contributed by atoms with van der Waals surface area (Å²) >= 11 is 5.86. The molecule has 31 heavy (non-hydrogen) atoms. The number of hydrogen-bond acceptors (Lipinski definition) is 5. The third-order valence-electron chi connectivity index (χ3n) is 4.69. The fourth-order valence-corrected chi connectivity index (χ4v) is 3.35. The number of hydrogen-bond donors (Lipinski definition) is 3. The highest BCUT2D eigenvalue weighted by Gasteiger charge is 2.15. The van der Waals surface area contributed by atoms with E-state index < -0.39 is 0 Å². The minimum atomic E-state index is -0.297. The monoisotopic (exact) mass is 434 g/mol. The van der Waals surface area contributed by atoms with Crippen LogP contribution in [0.3, 0.4) is 0 Å². The summed E-state index contributed by atoms with van der Waals surface area (Å²) < 4.78 is 5.77. The van der Waals surface area contributed by atoms with Crippen molar-refractivity contribution in [1.82, 2.24) is 9.97 Å². The summed E-state index contributed by atoms with van der Waals surface area (Å²) in [5.41, 5.74) is 7.97. The van der Waals surface area contributed by atoms with Crippen LogP contribution in [-0.2, 0) is 4.79 Å². The van der Waals surface area contributed by atoms with Crippen molar-refractivity contribution in [3.63, 3.8) is 0 Å². The molecule has 0 bridgehead atoms. The van der Waals surface area contributed by atoms with Gasteiger partial charge in [-0.2, -0.15) is 0 Å². The summed E-state index contributed by atoms with van der Waals surface area (Å²) in [6.07, 6.45) is 5.05. The molecule has 2 heterocycles. The number of amides is 1. The van der Waals surface area contributed by atoms with E-state index in [1.54, 1.807) is 48.9 Å². The second-order valence-electron chi connectivity index (χ2n) is 6.90. The van der Waals surface area contributed by atoms with Crippen LogP contribution in [0.25, 0.3) is 10.9 Å². The molecule has 0 atom stereocenters. The lowest BCUT2D eigenvalue weighted by atomic mass is 10.1. The fourth-order valence-electron chi connectivity index (χ4n) is 3.16. The number of rotatable bonds is 7. The van der Waals surface area contributed by atoms with Crippen molar-refractivity contribution in [1.29, 1.82) is 0 Å². The van der Waals surface area contributed by atoms with E-state index in [-0.39, 0.29) is 24.5 Å². The maximum Gasteiger partial charge on any atom is 0.224 e. The number of nitrogens with zero attached hydrogens (tertiary/aromatic N) is 1. The molecular weight excluding hydrogens is 416 g/mol. The number of benzene rings is 2. The second-order valence-corrected chi connectivity index (χ2v) is 7.34. The van der Waals surface area contributed by atoms with Crippen LogP contribution in [0, 0.1) is 0 Å². The van der Waals surface area contributed by atoms with Gasteiger partial charge in [0, 0.05) is 52.8 Å². The lowest BCUT2D eigenvalue weighted by Gasteiger charge is -2.08. The Morgan fingerprint density at radius 3 is 2.74 bits per heavy atom. The average Bonchev–Trinajstić information content (AvgIpc) is 3.18. The van der Waals surface area contributed by atoms with Crippen LogP contribution in [0.5, 0.6) is 11.5 Å². The van der Waals surface area contributed by atoms with Gasteiger partial charge in [-0.25, -0.2) is 0 Å². The smallest absolute Gasteiger partial charge is 0.224 e. The zero-order chi connectivity index (χ0) is 21.8. The van der Waals surface area contributed by atoms with Gasteiger partial charge in [-0.1, -0.05) is 11.6 Å². The van der Waals surface area contributed by atoms with Crippen molar-refractivity contribution in [2.75, 3.05) is 11.1 Å². The van der Waals surface area contributed by atoms with Crippen molar-refractivity contribution in [2.24, 2.45) is 0 Å². The molecule has 0 fully saturated rings. The molecule has 0 saturated heterocycles. The van der Waals surface area contributed by atoms with E-state index in [9.17, 15) is 9.59 Å². The molecule has 4 rings (SSSR count). The number of ketones is 1. The lowest BCUT2D eigenvalue weighted by molar-refractivity contribution is -0.116. The number of nitrogen functional groups attached to an aromatic ring is 1. The Hall–Kier alpha value is -3.84. The van der Waals surface area contributed by atoms with Crippen LogP contribution in [0.1, 0.15) is 23.2 Å². The minimum absolute atomic E-state index is 0.0375. The van der Waals surface area contributed by atoms with E-state index in [1.807, 2.05) is 18.2 Å². The predicted molar refractivity (Wildman–Crippen MR) is 121 cm³/mol. The molecule has 0 radical (unpaired) electrons. The number of aromatic amines is 1. The van der Waals surface area contributed by atoms with E-state index in [0.717, 1.165) is 10.9 Å². The molecule has 7 nitrogen and oxygen atoms in total. The number of fused-ring (bicyclic) bond motifs is 1. The van der Waals surface area contributed by atoms with E-state index in [2.05, 4.69) is 15.3 Å². The Kier molecular flexibility index (Phi) is 5.86. The quantitative estimate of drug-likeness (QED) is 0.274. The highest BCUT2D eigenvalue weighted by atomic mass is 35.5. The highest BCUT2D eigenvalue weighted by molar-refractivity contribution is 6.31. The molecule has 0 spiro atoms. The van der Waals surface area contributed by atoms with Gasteiger partial charge in [0.15, 0.2) is 5.78 Å². The zero-order valence-electron chi connectivity index (χ0n) is 16.4. The van der Waals surface area contributed by atoms with E-state index in [1.165, 1.54) is 0 Å². The number of pyridine rings is 1. The second kappa shape index (κ2) is 8.89. The van der Waals surface area contributed by atoms with Crippen molar-refractivity contribution < 1.29 is 14.3 Å². The minimum Gasteiger partial charge on any atom is -0.456 e. The molecule has 156 valence electrons. The van der Waals surface area contributed by atoms with Gasteiger partial charge in [0.1, 0.15) is 11.5 Å². The zero-order valence-corrected chi connectivity index (χ0v) is 17.1. The molecule has 0 aliphatic heterocycles. The summed E-state index contributed by atoms with van der Waals surface area (Å²) in [7, 11) is 0. The van der Waals surface area contributed by atoms with E-state index in [4.69, 9.17) is 22.1 Å². The molecule has 2 aromatic heterocycles. The Bertz CT molecular complexity index is 1250. The van der Waals surface area contributed by atoms with Crippen molar-refractivity contribution >= 4 is 45.6 Å². The molecule has 0 aliphatic carbocycles. The summed E-state index contributed by atoms with van der Waals surface area (Å²) in [4.78, 5) is 32.0. The number of nitrogens with two attached hydrogens (primary N) is 1. The number of H-pyrrole nitrogens is 1. The highest BCUT2D eigenvalue weighted by Crippen LogP contribution is 2.28. The topological polar surface area (TPSA) is 110 Å². The number of Topliss-reactive ketones (excluding diaryl/α,β-unsaturated/α-hetero) is 1. The number of aromatic nitrogens is 2. The van der Waals surface area contributed by atoms with Gasteiger partial charge in [-0.15, -0.1) is 0 Å². The van der Waals surface area contributed by atoms with Gasteiger partial charge < -0.3 is 20.8 Å². The van der Waals surface area contributed by atoms with Gasteiger partial charge in [-0.05, 0) is 42.5 Å². The van der Waals surface area contributed by atoms with E-state index >= 15 is 0 Å². The number of ether oxygens (including phenoxy) is 1. The number of nitrogens with one attached hydrogen (secondary N) is 2. The molecule has 0 unspecified atom stereocenters. The van der Waals surface area contributed by atoms with Crippen LogP contribution in [-0.4, -0.2) is 21.7 Å². The number of anilines is 2. The fraction of sp³-hybridized carbons (Fsp3) is 0.0870. The molecule has 0 aliphatic rings. The number of carbonyl (C=O) groups excluding carboxylic acids is 2. The summed E-state index contributed by atoms with van der Waals surface area (Å²) in [6, 6.07) is 13.8. The van der Waals surface area contributed by atoms with Crippen LogP contribution in [0.4, 0.5) is 11.4 Å². The molecule has 1 amide bonds. The number of carbonyl (C=O) groups is 2. The molecule has 2 aromatic carbocycles. The molecular formula is C23H19ClN4O3. The summed E-state index contributed by atoms with van der Waals surface area (Å²) in [5.74, 6) is 0.819. The third kappa shape index (κ3) is 4.84. The van der Waals surface area contributed by atoms with Gasteiger partial charge in [-0.3, -0.25) is 14.6 Å². The van der Waals surface area contributed by atoms with Crippen LogP contribution < -0.4 is 15.8 Å². The van der Waals surface area contributed by atoms with E-state index in [0.29, 0.717) is 33.5 Å². The Morgan fingerprint density at radius 2 is 1.97 bits per heavy atom. The maximum atomic E-state index is 12.7. The van der Waals surface area contributed by atoms with Crippen molar-refractivity contribution in [2.45, 2.75) is 12.8 Å². The summed E-state index contributed by atoms with van der Waals surface area (Å²) in [6.45, 7) is 0. The van der Waals surface area contributed by atoms with Gasteiger partial charge in [0.2, 0.25) is 5.91 Å². The lowest BCUT2D eigenvalue weighted by Crippen LogP contribution is -2.14. The Labute approximate surface area is 183 Å². The van der Waals surface area contributed by atoms with Crippen molar-refractivity contribution in [3.8, 4) is 11.5 Å². The van der Waals surface area contributed by atoms with Gasteiger partial charge >= 0.3 is 0 Å². The Morgan fingerprint density at radius 1 is 1.10 bits per heavy atom. The molecule has 8 heteroatoms. The Balaban J connectivity index is 1.40. The van der Waals surface area contributed by atoms with Crippen molar-refractivity contribution in [3.05, 3.63) is 77.7 Å². The van der Waals surface area contributed by atoms with Crippen LogP contribution in [0.15, 0.2) is 67.1 Å².